The Hall–Kier alpha value is -2.52. The zero-order valence-corrected chi connectivity index (χ0v) is 20.3. The number of hydrogen-bond donors (Lipinski definition) is 0. The van der Waals surface area contributed by atoms with Gasteiger partial charge in [0.2, 0.25) is 0 Å². The predicted octanol–water partition coefficient (Wildman–Crippen LogP) is 8.42. The molecule has 2 aliphatic rings. The minimum atomic E-state index is -4.56. The zero-order chi connectivity index (χ0) is 26.6. The summed E-state index contributed by atoms with van der Waals surface area (Å²) >= 11 is 0. The van der Waals surface area contributed by atoms with Crippen molar-refractivity contribution in [1.82, 2.24) is 0 Å². The molecule has 2 fully saturated rings. The molecule has 0 spiro atoms. The van der Waals surface area contributed by atoms with Crippen molar-refractivity contribution in [2.45, 2.75) is 63.0 Å². The lowest BCUT2D eigenvalue weighted by atomic mass is 9.78. The monoisotopic (exact) mass is 528 g/mol. The second kappa shape index (κ2) is 11.5. The first-order chi connectivity index (χ1) is 17.6. The Morgan fingerprint density at radius 2 is 1.57 bits per heavy atom. The maximum atomic E-state index is 15.0. The summed E-state index contributed by atoms with van der Waals surface area (Å²) in [6, 6.07) is 8.00. The van der Waals surface area contributed by atoms with Crippen LogP contribution < -0.4 is 4.74 Å². The van der Waals surface area contributed by atoms with Crippen molar-refractivity contribution in [3.05, 3.63) is 77.6 Å². The van der Waals surface area contributed by atoms with E-state index in [2.05, 4.69) is 6.58 Å². The Balaban J connectivity index is 1.31. The smallest absolute Gasteiger partial charge is 0.416 e. The molecule has 1 aliphatic heterocycles. The molecule has 4 rings (SSSR count). The summed E-state index contributed by atoms with van der Waals surface area (Å²) in [6.45, 7) is 4.75. The quantitative estimate of drug-likeness (QED) is 0.254. The zero-order valence-electron chi connectivity index (χ0n) is 20.3. The van der Waals surface area contributed by atoms with Gasteiger partial charge in [-0.1, -0.05) is 18.2 Å². The first-order valence-corrected chi connectivity index (χ1v) is 12.4. The van der Waals surface area contributed by atoms with E-state index in [1.807, 2.05) is 6.08 Å². The standard InChI is InChI=1S/C28H30F6O3/c1-2-3-4-18-16-35-26(36-17-18)20-7-14-24(25(29)15-20)19-5-8-22(9-6-19)28(33,34)37-23-12-10-21(11-13-23)27(30,31)32/h2,7,10-15,18-19,22,26H,1,3-6,8-9,16-17H2. The molecule has 1 saturated carbocycles. The van der Waals surface area contributed by atoms with E-state index in [9.17, 15) is 26.3 Å². The molecule has 2 aromatic carbocycles. The molecule has 1 heterocycles. The van der Waals surface area contributed by atoms with Crippen LogP contribution >= 0.6 is 0 Å². The fourth-order valence-electron chi connectivity index (χ4n) is 4.97. The molecule has 0 bridgehead atoms. The number of halogens is 6. The number of benzene rings is 2. The Morgan fingerprint density at radius 1 is 0.919 bits per heavy atom. The van der Waals surface area contributed by atoms with Crippen LogP contribution in [0, 0.1) is 17.7 Å². The van der Waals surface area contributed by atoms with Gasteiger partial charge in [0.1, 0.15) is 11.6 Å². The summed E-state index contributed by atoms with van der Waals surface area (Å²) in [5.74, 6) is -1.82. The Kier molecular flexibility index (Phi) is 8.53. The lowest BCUT2D eigenvalue weighted by molar-refractivity contribution is -0.222. The highest BCUT2D eigenvalue weighted by molar-refractivity contribution is 5.30. The molecule has 1 saturated heterocycles. The van der Waals surface area contributed by atoms with Gasteiger partial charge in [-0.3, -0.25) is 0 Å². The first kappa shape index (κ1) is 27.5. The average molecular weight is 529 g/mol. The fraction of sp³-hybridized carbons (Fsp3) is 0.500. The molecule has 0 N–H and O–H groups in total. The Bertz CT molecular complexity index is 1040. The molecule has 9 heteroatoms. The number of allylic oxidation sites excluding steroid dienone is 1. The largest absolute Gasteiger partial charge is 0.432 e. The van der Waals surface area contributed by atoms with Crippen LogP contribution in [-0.2, 0) is 15.7 Å². The van der Waals surface area contributed by atoms with Crippen molar-refractivity contribution in [2.24, 2.45) is 11.8 Å². The highest BCUT2D eigenvalue weighted by Gasteiger charge is 2.44. The molecule has 0 unspecified atom stereocenters. The molecule has 1 aliphatic carbocycles. The number of alkyl halides is 5. The Morgan fingerprint density at radius 3 is 2.14 bits per heavy atom. The van der Waals surface area contributed by atoms with Gasteiger partial charge in [-0.05, 0) is 80.3 Å². The number of ether oxygens (including phenoxy) is 3. The molecule has 0 amide bonds. The van der Waals surface area contributed by atoms with E-state index in [1.165, 1.54) is 6.07 Å². The SMILES string of the molecule is C=CCCC1COC(c2ccc(C3CCC(C(F)(F)Oc4ccc(C(F)(F)F)cc4)CC3)c(F)c2)OC1. The first-order valence-electron chi connectivity index (χ1n) is 12.4. The molecule has 0 aromatic heterocycles. The predicted molar refractivity (Wildman–Crippen MR) is 126 cm³/mol. The van der Waals surface area contributed by atoms with E-state index >= 15 is 0 Å². The van der Waals surface area contributed by atoms with Gasteiger partial charge in [-0.15, -0.1) is 6.58 Å². The van der Waals surface area contributed by atoms with E-state index in [-0.39, 0.29) is 30.4 Å². The third kappa shape index (κ3) is 6.87. The van der Waals surface area contributed by atoms with Crippen molar-refractivity contribution >= 4 is 0 Å². The van der Waals surface area contributed by atoms with Crippen LogP contribution in [0.5, 0.6) is 5.75 Å². The van der Waals surface area contributed by atoms with Crippen molar-refractivity contribution < 1.29 is 40.6 Å². The number of rotatable bonds is 8. The average Bonchev–Trinajstić information content (AvgIpc) is 2.87. The fourth-order valence-corrected chi connectivity index (χ4v) is 4.97. The minimum Gasteiger partial charge on any atom is -0.432 e. The lowest BCUT2D eigenvalue weighted by Crippen LogP contribution is -2.37. The summed E-state index contributed by atoms with van der Waals surface area (Å²) in [6.07, 6.45) is -4.23. The van der Waals surface area contributed by atoms with Crippen LogP contribution in [0.15, 0.2) is 55.1 Å². The second-order valence-electron chi connectivity index (χ2n) is 9.75. The van der Waals surface area contributed by atoms with E-state index in [1.54, 1.807) is 12.1 Å². The highest BCUT2D eigenvalue weighted by Crippen LogP contribution is 2.44. The van der Waals surface area contributed by atoms with Gasteiger partial charge in [0.25, 0.3) is 0 Å². The summed E-state index contributed by atoms with van der Waals surface area (Å²) in [7, 11) is 0. The van der Waals surface area contributed by atoms with E-state index < -0.39 is 35.9 Å². The maximum absolute atomic E-state index is 15.0. The van der Waals surface area contributed by atoms with Gasteiger partial charge in [-0.2, -0.15) is 22.0 Å². The van der Waals surface area contributed by atoms with Crippen molar-refractivity contribution in [1.29, 1.82) is 0 Å². The third-order valence-corrected chi connectivity index (χ3v) is 7.12. The van der Waals surface area contributed by atoms with Crippen LogP contribution in [0.3, 0.4) is 0 Å². The van der Waals surface area contributed by atoms with Gasteiger partial charge < -0.3 is 14.2 Å². The topological polar surface area (TPSA) is 27.7 Å². The van der Waals surface area contributed by atoms with Crippen LogP contribution in [0.4, 0.5) is 26.3 Å². The molecule has 0 atom stereocenters. The van der Waals surface area contributed by atoms with Gasteiger partial charge in [0.15, 0.2) is 6.29 Å². The molecular weight excluding hydrogens is 498 g/mol. The summed E-state index contributed by atoms with van der Waals surface area (Å²) in [5, 5.41) is 0. The van der Waals surface area contributed by atoms with E-state index in [0.717, 1.165) is 25.0 Å². The van der Waals surface area contributed by atoms with E-state index in [0.29, 0.717) is 49.3 Å². The van der Waals surface area contributed by atoms with Gasteiger partial charge >= 0.3 is 12.3 Å². The molecule has 3 nitrogen and oxygen atoms in total. The Labute approximate surface area is 212 Å². The minimum absolute atomic E-state index is 0.0977. The van der Waals surface area contributed by atoms with Crippen LogP contribution in [0.2, 0.25) is 0 Å². The van der Waals surface area contributed by atoms with Gasteiger partial charge in [0.05, 0.1) is 24.7 Å². The molecule has 0 radical (unpaired) electrons. The van der Waals surface area contributed by atoms with Crippen molar-refractivity contribution in [3.8, 4) is 5.75 Å². The molecule has 2 aromatic rings. The summed E-state index contributed by atoms with van der Waals surface area (Å²) < 4.78 is 98.9. The maximum Gasteiger partial charge on any atom is 0.416 e. The van der Waals surface area contributed by atoms with Crippen LogP contribution in [0.1, 0.15) is 67.4 Å². The van der Waals surface area contributed by atoms with Crippen molar-refractivity contribution in [2.75, 3.05) is 13.2 Å². The summed E-state index contributed by atoms with van der Waals surface area (Å²) in [4.78, 5) is 0. The summed E-state index contributed by atoms with van der Waals surface area (Å²) in [5.41, 5.74) is 0.105. The van der Waals surface area contributed by atoms with Crippen LogP contribution in [-0.4, -0.2) is 19.3 Å². The van der Waals surface area contributed by atoms with Crippen molar-refractivity contribution in [3.63, 3.8) is 0 Å². The molecular formula is C28H30F6O3. The van der Waals surface area contributed by atoms with Crippen LogP contribution in [0.25, 0.3) is 0 Å². The molecule has 202 valence electrons. The number of hydrogen-bond acceptors (Lipinski definition) is 3. The van der Waals surface area contributed by atoms with Gasteiger partial charge in [-0.25, -0.2) is 4.39 Å². The lowest BCUT2D eigenvalue weighted by Gasteiger charge is -2.34. The molecule has 37 heavy (non-hydrogen) atoms. The highest BCUT2D eigenvalue weighted by atomic mass is 19.4. The second-order valence-corrected chi connectivity index (χ2v) is 9.75. The van der Waals surface area contributed by atoms with E-state index in [4.69, 9.17) is 14.2 Å². The van der Waals surface area contributed by atoms with Gasteiger partial charge in [0, 0.05) is 11.5 Å². The normalized spacial score (nSPS) is 25.0. The third-order valence-electron chi connectivity index (χ3n) is 7.12.